The number of nitrogens with zero attached hydrogens (tertiary/aromatic N) is 3. The van der Waals surface area contributed by atoms with Crippen molar-refractivity contribution in [1.29, 1.82) is 0 Å². The van der Waals surface area contributed by atoms with Crippen molar-refractivity contribution in [2.45, 2.75) is 31.8 Å². The van der Waals surface area contributed by atoms with Gasteiger partial charge in [0.15, 0.2) is 5.84 Å². The van der Waals surface area contributed by atoms with Gasteiger partial charge in [-0.1, -0.05) is 5.16 Å². The Kier molecular flexibility index (Phi) is 3.79. The van der Waals surface area contributed by atoms with Crippen molar-refractivity contribution in [3.05, 3.63) is 27.9 Å². The minimum atomic E-state index is -0.592. The van der Waals surface area contributed by atoms with Crippen LogP contribution in [0.1, 0.15) is 31.2 Å². The zero-order valence-electron chi connectivity index (χ0n) is 10.2. The van der Waals surface area contributed by atoms with Crippen molar-refractivity contribution >= 4 is 11.5 Å². The largest absolute Gasteiger partial charge is 0.469 e. The van der Waals surface area contributed by atoms with Gasteiger partial charge in [-0.15, -0.1) is 0 Å². The Morgan fingerprint density at radius 2 is 2.26 bits per heavy atom. The van der Waals surface area contributed by atoms with Gasteiger partial charge in [0.25, 0.3) is 5.88 Å². The molecule has 0 unspecified atom stereocenters. The normalized spacial score (nSPS) is 16.5. The Morgan fingerprint density at radius 1 is 1.58 bits per heavy atom. The molecule has 1 aliphatic carbocycles. The van der Waals surface area contributed by atoms with Crippen LogP contribution in [-0.2, 0) is 0 Å². The van der Waals surface area contributed by atoms with Crippen molar-refractivity contribution in [1.82, 2.24) is 4.98 Å². The molecule has 8 heteroatoms. The van der Waals surface area contributed by atoms with E-state index in [1.807, 2.05) is 0 Å². The number of hydrogen-bond donors (Lipinski definition) is 2. The highest BCUT2D eigenvalue weighted by Crippen LogP contribution is 2.29. The van der Waals surface area contributed by atoms with E-state index in [1.54, 1.807) is 0 Å². The molecular weight excluding hydrogens is 252 g/mol. The smallest absolute Gasteiger partial charge is 0.331 e. The van der Waals surface area contributed by atoms with E-state index in [-0.39, 0.29) is 29.1 Å². The first-order valence-corrected chi connectivity index (χ1v) is 5.91. The third-order valence-corrected chi connectivity index (χ3v) is 3.01. The Morgan fingerprint density at radius 3 is 2.84 bits per heavy atom. The minimum absolute atomic E-state index is 0.0219. The fourth-order valence-corrected chi connectivity index (χ4v) is 2.02. The lowest BCUT2D eigenvalue weighted by Crippen LogP contribution is -2.16. The van der Waals surface area contributed by atoms with Crippen LogP contribution in [0, 0.1) is 10.1 Å². The number of rotatable bonds is 4. The first-order valence-electron chi connectivity index (χ1n) is 5.91. The molecule has 2 rings (SSSR count). The van der Waals surface area contributed by atoms with E-state index in [4.69, 9.17) is 15.7 Å². The van der Waals surface area contributed by atoms with Crippen molar-refractivity contribution in [2.24, 2.45) is 10.9 Å². The summed E-state index contributed by atoms with van der Waals surface area (Å²) >= 11 is 0. The van der Waals surface area contributed by atoms with Crippen LogP contribution >= 0.6 is 0 Å². The fourth-order valence-electron chi connectivity index (χ4n) is 2.02. The number of oxime groups is 1. The Bertz CT molecular complexity index is 511. The van der Waals surface area contributed by atoms with E-state index in [0.29, 0.717) is 0 Å². The summed E-state index contributed by atoms with van der Waals surface area (Å²) in [5.74, 6) is -0.255. The van der Waals surface area contributed by atoms with Crippen LogP contribution in [0.5, 0.6) is 5.88 Å². The van der Waals surface area contributed by atoms with Crippen LogP contribution in [0.3, 0.4) is 0 Å². The summed E-state index contributed by atoms with van der Waals surface area (Å²) in [6.07, 6.45) is 5.12. The van der Waals surface area contributed by atoms with Gasteiger partial charge in [0.2, 0.25) is 0 Å². The monoisotopic (exact) mass is 266 g/mol. The quantitative estimate of drug-likeness (QED) is 0.279. The van der Waals surface area contributed by atoms with Crippen molar-refractivity contribution in [3.63, 3.8) is 0 Å². The number of hydrogen-bond acceptors (Lipinski definition) is 6. The molecule has 0 radical (unpaired) electrons. The second-order valence-corrected chi connectivity index (χ2v) is 4.31. The van der Waals surface area contributed by atoms with Crippen molar-refractivity contribution < 1.29 is 14.9 Å². The van der Waals surface area contributed by atoms with Crippen LogP contribution in [0.25, 0.3) is 0 Å². The zero-order chi connectivity index (χ0) is 13.8. The average Bonchev–Trinajstić information content (AvgIpc) is 2.91. The number of ether oxygens (including phenoxy) is 1. The average molecular weight is 266 g/mol. The van der Waals surface area contributed by atoms with E-state index in [0.717, 1.165) is 25.7 Å². The lowest BCUT2D eigenvalue weighted by Gasteiger charge is -2.12. The third kappa shape index (κ3) is 2.90. The molecule has 3 N–H and O–H groups in total. The standard InChI is InChI=1S/C11H14N4O4/c12-10(14-16)7-5-9(15(17)18)11(13-6-7)19-8-3-1-2-4-8/h5-6,8,16H,1-4H2,(H2,12,14). The van der Waals surface area contributed by atoms with Gasteiger partial charge in [-0.2, -0.15) is 0 Å². The molecule has 1 aromatic rings. The van der Waals surface area contributed by atoms with Gasteiger partial charge >= 0.3 is 5.69 Å². The zero-order valence-corrected chi connectivity index (χ0v) is 10.2. The predicted octanol–water partition coefficient (Wildman–Crippen LogP) is 1.41. The molecular formula is C11H14N4O4. The summed E-state index contributed by atoms with van der Waals surface area (Å²) in [5.41, 5.74) is 5.27. The SMILES string of the molecule is NC(=NO)c1cnc(OC2CCCC2)c([N+](=O)[O-])c1. The molecule has 0 aliphatic heterocycles. The maximum Gasteiger partial charge on any atom is 0.331 e. The number of amidine groups is 1. The van der Waals surface area contributed by atoms with Crippen LogP contribution in [0.2, 0.25) is 0 Å². The molecule has 0 atom stereocenters. The highest BCUT2D eigenvalue weighted by molar-refractivity contribution is 5.97. The Balaban J connectivity index is 2.29. The van der Waals surface area contributed by atoms with Crippen LogP contribution in [0.4, 0.5) is 5.69 Å². The van der Waals surface area contributed by atoms with Gasteiger partial charge < -0.3 is 15.7 Å². The van der Waals surface area contributed by atoms with E-state index >= 15 is 0 Å². The molecule has 0 saturated heterocycles. The number of nitro groups is 1. The first-order chi connectivity index (χ1) is 9.11. The summed E-state index contributed by atoms with van der Waals surface area (Å²) in [7, 11) is 0. The Hall–Kier alpha value is -2.38. The van der Waals surface area contributed by atoms with Crippen LogP contribution in [-0.4, -0.2) is 27.1 Å². The lowest BCUT2D eigenvalue weighted by molar-refractivity contribution is -0.386. The molecule has 19 heavy (non-hydrogen) atoms. The second kappa shape index (κ2) is 5.51. The molecule has 1 aromatic heterocycles. The van der Waals surface area contributed by atoms with Crippen molar-refractivity contribution in [3.8, 4) is 5.88 Å². The third-order valence-electron chi connectivity index (χ3n) is 3.01. The summed E-state index contributed by atoms with van der Waals surface area (Å²) in [6, 6.07) is 1.19. The molecule has 1 aliphatic rings. The van der Waals surface area contributed by atoms with E-state index in [2.05, 4.69) is 10.1 Å². The number of aromatic nitrogens is 1. The molecule has 0 spiro atoms. The van der Waals surface area contributed by atoms with Gasteiger partial charge in [0, 0.05) is 17.8 Å². The molecule has 1 heterocycles. The molecule has 8 nitrogen and oxygen atoms in total. The van der Waals surface area contributed by atoms with Gasteiger partial charge in [-0.3, -0.25) is 10.1 Å². The van der Waals surface area contributed by atoms with Crippen molar-refractivity contribution in [2.75, 3.05) is 0 Å². The molecule has 0 bridgehead atoms. The number of pyridine rings is 1. The minimum Gasteiger partial charge on any atom is -0.469 e. The topological polar surface area (TPSA) is 124 Å². The predicted molar refractivity (Wildman–Crippen MR) is 66.3 cm³/mol. The summed E-state index contributed by atoms with van der Waals surface area (Å²) in [6.45, 7) is 0. The molecule has 0 amide bonds. The second-order valence-electron chi connectivity index (χ2n) is 4.31. The van der Waals surface area contributed by atoms with Crippen LogP contribution < -0.4 is 10.5 Å². The maximum absolute atomic E-state index is 11.0. The molecule has 0 aromatic carbocycles. The summed E-state index contributed by atoms with van der Waals surface area (Å²) in [5, 5.41) is 22.3. The van der Waals surface area contributed by atoms with Gasteiger partial charge in [0.05, 0.1) is 4.92 Å². The fraction of sp³-hybridized carbons (Fsp3) is 0.455. The van der Waals surface area contributed by atoms with Gasteiger partial charge in [-0.25, -0.2) is 4.98 Å². The first kappa shape index (κ1) is 13.1. The van der Waals surface area contributed by atoms with E-state index in [1.165, 1.54) is 12.3 Å². The van der Waals surface area contributed by atoms with E-state index in [9.17, 15) is 10.1 Å². The Labute approximate surface area is 109 Å². The van der Waals surface area contributed by atoms with Crippen LogP contribution in [0.15, 0.2) is 17.4 Å². The maximum atomic E-state index is 11.0. The highest BCUT2D eigenvalue weighted by Gasteiger charge is 2.24. The highest BCUT2D eigenvalue weighted by atomic mass is 16.6. The lowest BCUT2D eigenvalue weighted by atomic mass is 10.2. The summed E-state index contributed by atoms with van der Waals surface area (Å²) in [4.78, 5) is 14.3. The van der Waals surface area contributed by atoms with Gasteiger partial charge in [-0.05, 0) is 25.7 Å². The molecule has 1 saturated carbocycles. The molecule has 1 fully saturated rings. The van der Waals surface area contributed by atoms with Gasteiger partial charge in [0.1, 0.15) is 6.10 Å². The number of nitrogens with two attached hydrogens (primary N) is 1. The van der Waals surface area contributed by atoms with E-state index < -0.39 is 4.92 Å². The summed E-state index contributed by atoms with van der Waals surface area (Å²) < 4.78 is 5.54. The molecule has 102 valence electrons.